The van der Waals surface area contributed by atoms with Crippen molar-refractivity contribution < 1.29 is 4.79 Å². The van der Waals surface area contributed by atoms with E-state index in [1.165, 1.54) is 19.3 Å². The third kappa shape index (κ3) is 3.19. The third-order valence-electron chi connectivity index (χ3n) is 2.61. The van der Waals surface area contributed by atoms with Gasteiger partial charge in [0, 0.05) is 25.7 Å². The molecule has 3 heteroatoms. The standard InChI is InChI=1S/C10H18N2O/c1-11-10(13)7-4-8-12(2)9-5-3-6-9/h4,7,9H,3,5-6,8H2,1-2H3,(H,11,13)/b7-4+. The van der Waals surface area contributed by atoms with Crippen LogP contribution in [-0.2, 0) is 4.79 Å². The lowest BCUT2D eigenvalue weighted by molar-refractivity contribution is -0.116. The molecule has 0 bridgehead atoms. The van der Waals surface area contributed by atoms with Crippen LogP contribution in [0.4, 0.5) is 0 Å². The number of carbonyl (C=O) groups excluding carboxylic acids is 1. The van der Waals surface area contributed by atoms with Crippen molar-refractivity contribution in [1.29, 1.82) is 0 Å². The molecule has 0 atom stereocenters. The van der Waals surface area contributed by atoms with E-state index in [9.17, 15) is 4.79 Å². The first-order valence-corrected chi connectivity index (χ1v) is 4.82. The van der Waals surface area contributed by atoms with Crippen LogP contribution < -0.4 is 5.32 Å². The number of likely N-dealkylation sites (N-methyl/N-ethyl adjacent to an activating group) is 2. The molecule has 1 fully saturated rings. The first-order valence-electron chi connectivity index (χ1n) is 4.82. The SMILES string of the molecule is CNC(=O)/C=C/CN(C)C1CCC1. The second-order valence-corrected chi connectivity index (χ2v) is 3.54. The van der Waals surface area contributed by atoms with Gasteiger partial charge in [-0.25, -0.2) is 0 Å². The van der Waals surface area contributed by atoms with Crippen LogP contribution in [-0.4, -0.2) is 37.5 Å². The third-order valence-corrected chi connectivity index (χ3v) is 2.61. The predicted octanol–water partition coefficient (Wildman–Crippen LogP) is 0.773. The van der Waals surface area contributed by atoms with Gasteiger partial charge in [-0.1, -0.05) is 12.5 Å². The summed E-state index contributed by atoms with van der Waals surface area (Å²) in [4.78, 5) is 13.1. The van der Waals surface area contributed by atoms with Crippen LogP contribution in [0.15, 0.2) is 12.2 Å². The summed E-state index contributed by atoms with van der Waals surface area (Å²) >= 11 is 0. The van der Waals surface area contributed by atoms with Gasteiger partial charge in [-0.2, -0.15) is 0 Å². The Bertz CT molecular complexity index is 197. The van der Waals surface area contributed by atoms with E-state index in [-0.39, 0.29) is 5.91 Å². The van der Waals surface area contributed by atoms with Gasteiger partial charge in [0.25, 0.3) is 0 Å². The molecule has 0 aromatic carbocycles. The highest BCUT2D eigenvalue weighted by molar-refractivity contribution is 5.87. The monoisotopic (exact) mass is 182 g/mol. The Morgan fingerprint density at radius 1 is 1.62 bits per heavy atom. The van der Waals surface area contributed by atoms with Crippen LogP contribution in [0.25, 0.3) is 0 Å². The zero-order valence-corrected chi connectivity index (χ0v) is 8.42. The van der Waals surface area contributed by atoms with Crippen LogP contribution in [0, 0.1) is 0 Å². The van der Waals surface area contributed by atoms with Crippen LogP contribution in [0.2, 0.25) is 0 Å². The highest BCUT2D eigenvalue weighted by Crippen LogP contribution is 2.22. The van der Waals surface area contributed by atoms with Crippen molar-refractivity contribution in [3.63, 3.8) is 0 Å². The molecule has 1 saturated carbocycles. The summed E-state index contributed by atoms with van der Waals surface area (Å²) in [5.74, 6) is -0.0259. The van der Waals surface area contributed by atoms with Crippen LogP contribution in [0.1, 0.15) is 19.3 Å². The minimum absolute atomic E-state index is 0.0259. The van der Waals surface area contributed by atoms with Crippen molar-refractivity contribution >= 4 is 5.91 Å². The van der Waals surface area contributed by atoms with Crippen molar-refractivity contribution in [3.8, 4) is 0 Å². The molecule has 0 radical (unpaired) electrons. The number of carbonyl (C=O) groups is 1. The summed E-state index contributed by atoms with van der Waals surface area (Å²) in [7, 11) is 3.75. The molecule has 1 aliphatic rings. The average Bonchev–Trinajstić information content (AvgIpc) is 2.01. The maximum absolute atomic E-state index is 10.8. The van der Waals surface area contributed by atoms with Gasteiger partial charge >= 0.3 is 0 Å². The molecule has 13 heavy (non-hydrogen) atoms. The molecule has 0 heterocycles. The molecule has 0 aromatic rings. The quantitative estimate of drug-likeness (QED) is 0.651. The van der Waals surface area contributed by atoms with E-state index in [1.807, 2.05) is 6.08 Å². The molecule has 0 saturated heterocycles. The lowest BCUT2D eigenvalue weighted by Gasteiger charge is -2.33. The fourth-order valence-electron chi connectivity index (χ4n) is 1.39. The highest BCUT2D eigenvalue weighted by atomic mass is 16.1. The van der Waals surface area contributed by atoms with Gasteiger partial charge in [-0.15, -0.1) is 0 Å². The average molecular weight is 182 g/mol. The van der Waals surface area contributed by atoms with Gasteiger partial charge in [0.05, 0.1) is 0 Å². The highest BCUT2D eigenvalue weighted by Gasteiger charge is 2.20. The van der Waals surface area contributed by atoms with E-state index >= 15 is 0 Å². The second kappa shape index (κ2) is 5.02. The Labute approximate surface area is 79.8 Å². The van der Waals surface area contributed by atoms with Crippen LogP contribution in [0.5, 0.6) is 0 Å². The number of hydrogen-bond acceptors (Lipinski definition) is 2. The van der Waals surface area contributed by atoms with Crippen LogP contribution in [0.3, 0.4) is 0 Å². The van der Waals surface area contributed by atoms with Gasteiger partial charge in [0.15, 0.2) is 0 Å². The van der Waals surface area contributed by atoms with Gasteiger partial charge in [0.1, 0.15) is 0 Å². The van der Waals surface area contributed by atoms with Crippen molar-refractivity contribution in [2.75, 3.05) is 20.6 Å². The van der Waals surface area contributed by atoms with E-state index < -0.39 is 0 Å². The van der Waals surface area contributed by atoms with Crippen LogP contribution >= 0.6 is 0 Å². The smallest absolute Gasteiger partial charge is 0.243 e. The maximum atomic E-state index is 10.8. The zero-order chi connectivity index (χ0) is 9.68. The Balaban J connectivity index is 2.16. The van der Waals surface area contributed by atoms with Crippen molar-refractivity contribution in [2.45, 2.75) is 25.3 Å². The largest absolute Gasteiger partial charge is 0.356 e. The van der Waals surface area contributed by atoms with Gasteiger partial charge in [-0.3, -0.25) is 9.69 Å². The Kier molecular flexibility index (Phi) is 3.96. The topological polar surface area (TPSA) is 32.3 Å². The predicted molar refractivity (Wildman–Crippen MR) is 53.5 cm³/mol. The lowest BCUT2D eigenvalue weighted by Crippen LogP contribution is -2.37. The van der Waals surface area contributed by atoms with Gasteiger partial charge in [-0.05, 0) is 19.9 Å². The molecule has 1 amide bonds. The van der Waals surface area contributed by atoms with Crippen molar-refractivity contribution in [2.24, 2.45) is 0 Å². The molecule has 1 aliphatic carbocycles. The molecule has 74 valence electrons. The molecule has 0 spiro atoms. The molecule has 1 N–H and O–H groups in total. The van der Waals surface area contributed by atoms with Crippen molar-refractivity contribution in [3.05, 3.63) is 12.2 Å². The summed E-state index contributed by atoms with van der Waals surface area (Å²) in [5.41, 5.74) is 0. The normalized spacial score (nSPS) is 17.8. The number of rotatable bonds is 4. The summed E-state index contributed by atoms with van der Waals surface area (Å²) < 4.78 is 0. The Morgan fingerprint density at radius 2 is 2.31 bits per heavy atom. The summed E-state index contributed by atoms with van der Waals surface area (Å²) in [5, 5.41) is 2.55. The Morgan fingerprint density at radius 3 is 2.77 bits per heavy atom. The van der Waals surface area contributed by atoms with E-state index in [0.717, 1.165) is 12.6 Å². The first kappa shape index (κ1) is 10.3. The molecule has 0 aromatic heterocycles. The molecule has 3 nitrogen and oxygen atoms in total. The Hall–Kier alpha value is -0.830. The fourth-order valence-corrected chi connectivity index (χ4v) is 1.39. The van der Waals surface area contributed by atoms with E-state index in [2.05, 4.69) is 17.3 Å². The van der Waals surface area contributed by atoms with Gasteiger partial charge < -0.3 is 5.32 Å². The lowest BCUT2D eigenvalue weighted by atomic mass is 9.92. The van der Waals surface area contributed by atoms with E-state index in [4.69, 9.17) is 0 Å². The molecule has 0 unspecified atom stereocenters. The number of nitrogens with one attached hydrogen (secondary N) is 1. The van der Waals surface area contributed by atoms with E-state index in [1.54, 1.807) is 13.1 Å². The maximum Gasteiger partial charge on any atom is 0.243 e. The summed E-state index contributed by atoms with van der Waals surface area (Å²) in [6, 6.07) is 0.745. The zero-order valence-electron chi connectivity index (χ0n) is 8.42. The molecule has 0 aliphatic heterocycles. The number of nitrogens with zero attached hydrogens (tertiary/aromatic N) is 1. The molecular weight excluding hydrogens is 164 g/mol. The first-order chi connectivity index (χ1) is 6.24. The molecule has 1 rings (SSSR count). The fraction of sp³-hybridized carbons (Fsp3) is 0.700. The molecular formula is C10H18N2O. The summed E-state index contributed by atoms with van der Waals surface area (Å²) in [6.07, 6.45) is 7.48. The minimum Gasteiger partial charge on any atom is -0.356 e. The minimum atomic E-state index is -0.0259. The second-order valence-electron chi connectivity index (χ2n) is 3.54. The van der Waals surface area contributed by atoms with Crippen molar-refractivity contribution in [1.82, 2.24) is 10.2 Å². The van der Waals surface area contributed by atoms with Gasteiger partial charge in [0.2, 0.25) is 5.91 Å². The number of hydrogen-bond donors (Lipinski definition) is 1. The summed E-state index contributed by atoms with van der Waals surface area (Å²) in [6.45, 7) is 0.873. The van der Waals surface area contributed by atoms with E-state index in [0.29, 0.717) is 0 Å². The number of amides is 1.